The van der Waals surface area contributed by atoms with Crippen molar-refractivity contribution in [3.05, 3.63) is 59.0 Å². The van der Waals surface area contributed by atoms with Crippen LogP contribution in [0.5, 0.6) is 0 Å². The van der Waals surface area contributed by atoms with Gasteiger partial charge in [0.25, 0.3) is 5.56 Å². The average Bonchev–Trinajstić information content (AvgIpc) is 2.91. The molecule has 20 heavy (non-hydrogen) atoms. The van der Waals surface area contributed by atoms with E-state index >= 15 is 0 Å². The van der Waals surface area contributed by atoms with Crippen molar-refractivity contribution in [1.29, 1.82) is 0 Å². The van der Waals surface area contributed by atoms with Gasteiger partial charge in [-0.05, 0) is 24.3 Å². The molecule has 1 N–H and O–H groups in total. The molecule has 0 atom stereocenters. The van der Waals surface area contributed by atoms with Crippen LogP contribution in [0.15, 0.2) is 57.9 Å². The third-order valence-electron chi connectivity index (χ3n) is 3.12. The lowest BCUT2D eigenvalue weighted by Gasteiger charge is -1.98. The van der Waals surface area contributed by atoms with Crippen molar-refractivity contribution in [1.82, 2.24) is 15.0 Å². The standard InChI is InChI=1S/C15H9N3O2/c19-15-13-10(5-3-7-16-13)17-14(18-15)12-8-9-4-1-2-6-11(9)20-12/h1-8H,(H,17,18,19). The Hall–Kier alpha value is -2.95. The summed E-state index contributed by atoms with van der Waals surface area (Å²) in [6.07, 6.45) is 1.57. The van der Waals surface area contributed by atoms with Crippen LogP contribution in [0.1, 0.15) is 0 Å². The number of aromatic nitrogens is 3. The van der Waals surface area contributed by atoms with Gasteiger partial charge < -0.3 is 9.40 Å². The van der Waals surface area contributed by atoms with Crippen LogP contribution in [0.25, 0.3) is 33.6 Å². The first-order valence-corrected chi connectivity index (χ1v) is 6.15. The summed E-state index contributed by atoms with van der Waals surface area (Å²) in [5, 5.41) is 0.969. The number of hydrogen-bond acceptors (Lipinski definition) is 4. The molecule has 1 aromatic carbocycles. The molecule has 0 bridgehead atoms. The number of furan rings is 1. The summed E-state index contributed by atoms with van der Waals surface area (Å²) in [4.78, 5) is 23.1. The average molecular weight is 263 g/mol. The number of nitrogens with zero attached hydrogens (tertiary/aromatic N) is 2. The third-order valence-corrected chi connectivity index (χ3v) is 3.12. The van der Waals surface area contributed by atoms with Crippen molar-refractivity contribution >= 4 is 22.0 Å². The summed E-state index contributed by atoms with van der Waals surface area (Å²) in [5.74, 6) is 0.945. The maximum absolute atomic E-state index is 12.0. The number of pyridine rings is 1. The van der Waals surface area contributed by atoms with Crippen molar-refractivity contribution in [3.63, 3.8) is 0 Å². The van der Waals surface area contributed by atoms with Crippen molar-refractivity contribution in [2.24, 2.45) is 0 Å². The smallest absolute Gasteiger partial charge is 0.277 e. The number of H-pyrrole nitrogens is 1. The molecule has 0 fully saturated rings. The zero-order chi connectivity index (χ0) is 13.5. The minimum absolute atomic E-state index is 0.272. The second kappa shape index (κ2) is 4.03. The molecule has 5 nitrogen and oxygen atoms in total. The molecule has 0 unspecified atom stereocenters. The zero-order valence-electron chi connectivity index (χ0n) is 10.3. The monoisotopic (exact) mass is 263 g/mol. The predicted octanol–water partition coefficient (Wildman–Crippen LogP) is 2.73. The van der Waals surface area contributed by atoms with Gasteiger partial charge in [-0.25, -0.2) is 9.97 Å². The van der Waals surface area contributed by atoms with Crippen LogP contribution < -0.4 is 5.56 Å². The maximum Gasteiger partial charge on any atom is 0.277 e. The van der Waals surface area contributed by atoms with E-state index in [4.69, 9.17) is 4.42 Å². The highest BCUT2D eigenvalue weighted by Gasteiger charge is 2.10. The van der Waals surface area contributed by atoms with Gasteiger partial charge in [-0.3, -0.25) is 4.79 Å². The lowest BCUT2D eigenvalue weighted by atomic mass is 10.2. The van der Waals surface area contributed by atoms with E-state index in [-0.39, 0.29) is 5.56 Å². The molecule has 5 heteroatoms. The maximum atomic E-state index is 12.0. The molecule has 0 saturated carbocycles. The van der Waals surface area contributed by atoms with Gasteiger partial charge >= 0.3 is 0 Å². The normalized spacial score (nSPS) is 11.2. The largest absolute Gasteiger partial charge is 0.453 e. The first-order valence-electron chi connectivity index (χ1n) is 6.15. The van der Waals surface area contributed by atoms with Crippen molar-refractivity contribution in [2.45, 2.75) is 0 Å². The van der Waals surface area contributed by atoms with E-state index in [1.807, 2.05) is 30.3 Å². The number of hydrogen-bond donors (Lipinski definition) is 1. The number of fused-ring (bicyclic) bond motifs is 2. The molecule has 96 valence electrons. The second-order valence-corrected chi connectivity index (χ2v) is 4.43. The lowest BCUT2D eigenvalue weighted by molar-refractivity contribution is 0.625. The highest BCUT2D eigenvalue weighted by Crippen LogP contribution is 2.25. The molecular formula is C15H9N3O2. The number of para-hydroxylation sites is 1. The van der Waals surface area contributed by atoms with E-state index in [2.05, 4.69) is 15.0 Å². The van der Waals surface area contributed by atoms with Gasteiger partial charge in [0.15, 0.2) is 17.1 Å². The second-order valence-electron chi connectivity index (χ2n) is 4.43. The topological polar surface area (TPSA) is 71.8 Å². The van der Waals surface area contributed by atoms with Crippen molar-refractivity contribution in [2.75, 3.05) is 0 Å². The SMILES string of the molecule is O=c1[nH]c(-c2cc3ccccc3o2)nc2cccnc12. The molecule has 0 saturated heterocycles. The highest BCUT2D eigenvalue weighted by molar-refractivity contribution is 5.82. The molecule has 0 aliphatic rings. The van der Waals surface area contributed by atoms with Crippen molar-refractivity contribution < 1.29 is 4.42 Å². The Morgan fingerprint density at radius 1 is 1.10 bits per heavy atom. The van der Waals surface area contributed by atoms with Gasteiger partial charge in [-0.1, -0.05) is 18.2 Å². The summed E-state index contributed by atoms with van der Waals surface area (Å²) in [6, 6.07) is 13.0. The summed E-state index contributed by atoms with van der Waals surface area (Å²) in [5.41, 5.74) is 1.36. The van der Waals surface area contributed by atoms with Gasteiger partial charge in [0.1, 0.15) is 5.58 Å². The van der Waals surface area contributed by atoms with Gasteiger partial charge in [-0.2, -0.15) is 0 Å². The Bertz CT molecular complexity index is 952. The molecule has 0 aliphatic carbocycles. The van der Waals surface area contributed by atoms with Crippen LogP contribution in [0, 0.1) is 0 Å². The lowest BCUT2D eigenvalue weighted by Crippen LogP contribution is -2.10. The summed E-state index contributed by atoms with van der Waals surface area (Å²) < 4.78 is 5.70. The first kappa shape index (κ1) is 10.9. The molecule has 0 aliphatic heterocycles. The predicted molar refractivity (Wildman–Crippen MR) is 75.4 cm³/mol. The number of aromatic amines is 1. The summed E-state index contributed by atoms with van der Waals surface area (Å²) >= 11 is 0. The Morgan fingerprint density at radius 3 is 2.90 bits per heavy atom. The van der Waals surface area contributed by atoms with E-state index in [1.54, 1.807) is 18.3 Å². The van der Waals surface area contributed by atoms with Gasteiger partial charge in [-0.15, -0.1) is 0 Å². The highest BCUT2D eigenvalue weighted by atomic mass is 16.3. The fraction of sp³-hybridized carbons (Fsp3) is 0. The molecule has 0 amide bonds. The van der Waals surface area contributed by atoms with E-state index in [0.29, 0.717) is 22.6 Å². The van der Waals surface area contributed by atoms with Crippen LogP contribution in [0.2, 0.25) is 0 Å². The first-order chi connectivity index (χ1) is 9.81. The number of benzene rings is 1. The molecule has 4 rings (SSSR count). The molecule has 3 heterocycles. The van der Waals surface area contributed by atoms with E-state index in [9.17, 15) is 4.79 Å². The quantitative estimate of drug-likeness (QED) is 0.573. The van der Waals surface area contributed by atoms with Crippen LogP contribution in [0.4, 0.5) is 0 Å². The van der Waals surface area contributed by atoms with Gasteiger partial charge in [0, 0.05) is 11.6 Å². The van der Waals surface area contributed by atoms with E-state index in [1.165, 1.54) is 0 Å². The summed E-state index contributed by atoms with van der Waals surface area (Å²) in [7, 11) is 0. The fourth-order valence-corrected chi connectivity index (χ4v) is 2.19. The third kappa shape index (κ3) is 1.60. The van der Waals surface area contributed by atoms with Crippen molar-refractivity contribution in [3.8, 4) is 11.6 Å². The Kier molecular flexibility index (Phi) is 2.20. The van der Waals surface area contributed by atoms with Crippen LogP contribution in [0.3, 0.4) is 0 Å². The Labute approximate surface area is 112 Å². The minimum atomic E-state index is -0.272. The van der Waals surface area contributed by atoms with Crippen LogP contribution in [-0.2, 0) is 0 Å². The number of rotatable bonds is 1. The molecule has 0 spiro atoms. The van der Waals surface area contributed by atoms with Gasteiger partial charge in [0.05, 0.1) is 5.52 Å². The van der Waals surface area contributed by atoms with E-state index in [0.717, 1.165) is 11.0 Å². The molecule has 3 aromatic heterocycles. The minimum Gasteiger partial charge on any atom is -0.453 e. The molecule has 4 aromatic rings. The van der Waals surface area contributed by atoms with Crippen LogP contribution >= 0.6 is 0 Å². The Balaban J connectivity index is 1.99. The van der Waals surface area contributed by atoms with Gasteiger partial charge in [0.2, 0.25) is 0 Å². The van der Waals surface area contributed by atoms with Crippen LogP contribution in [-0.4, -0.2) is 15.0 Å². The molecule has 0 radical (unpaired) electrons. The molecular weight excluding hydrogens is 254 g/mol. The summed E-state index contributed by atoms with van der Waals surface area (Å²) in [6.45, 7) is 0. The zero-order valence-corrected chi connectivity index (χ0v) is 10.3. The van der Waals surface area contributed by atoms with E-state index < -0.39 is 0 Å². The fourth-order valence-electron chi connectivity index (χ4n) is 2.19. The number of nitrogens with one attached hydrogen (secondary N) is 1. The Morgan fingerprint density at radius 2 is 2.00 bits per heavy atom.